The Kier molecular flexibility index (Phi) is 5.87. The largest absolute Gasteiger partial charge is 0.425 e. The molecule has 2 fully saturated rings. The van der Waals surface area contributed by atoms with Crippen LogP contribution in [0.15, 0.2) is 4.42 Å². The van der Waals surface area contributed by atoms with E-state index < -0.39 is 0 Å². The molecule has 144 valence electrons. The highest BCUT2D eigenvalue weighted by Gasteiger charge is 2.44. The first-order valence-electron chi connectivity index (χ1n) is 9.20. The summed E-state index contributed by atoms with van der Waals surface area (Å²) in [5, 5.41) is 14.1. The molecule has 0 bridgehead atoms. The average Bonchev–Trinajstić information content (AvgIpc) is 3.23. The molecule has 0 unspecified atom stereocenters. The van der Waals surface area contributed by atoms with Gasteiger partial charge in [-0.3, -0.25) is 14.5 Å². The maximum Gasteiger partial charge on any atom is 0.246 e. The highest BCUT2D eigenvalue weighted by atomic mass is 16.5. The molecule has 3 heterocycles. The zero-order valence-electron chi connectivity index (χ0n) is 15.5. The van der Waals surface area contributed by atoms with E-state index in [9.17, 15) is 9.59 Å². The summed E-state index contributed by atoms with van der Waals surface area (Å²) >= 11 is 0. The number of nitrogens with zero attached hydrogens (tertiary/aromatic N) is 3. The van der Waals surface area contributed by atoms with Crippen LogP contribution in [0.2, 0.25) is 0 Å². The Morgan fingerprint density at radius 3 is 2.96 bits per heavy atom. The molecule has 3 rings (SSSR count). The first-order valence-corrected chi connectivity index (χ1v) is 9.20. The summed E-state index contributed by atoms with van der Waals surface area (Å²) in [5.41, 5.74) is 0. The van der Waals surface area contributed by atoms with Crippen molar-refractivity contribution in [1.29, 1.82) is 0 Å². The van der Waals surface area contributed by atoms with Crippen molar-refractivity contribution in [2.24, 2.45) is 0 Å². The molecule has 2 aliphatic heterocycles. The fourth-order valence-corrected chi connectivity index (χ4v) is 3.52. The Bertz CT molecular complexity index is 647. The molecule has 9 nitrogen and oxygen atoms in total. The van der Waals surface area contributed by atoms with Gasteiger partial charge in [0.15, 0.2) is 0 Å². The van der Waals surface area contributed by atoms with Crippen molar-refractivity contribution < 1.29 is 18.7 Å². The van der Waals surface area contributed by atoms with E-state index in [-0.39, 0.29) is 42.5 Å². The number of hydrogen-bond donors (Lipinski definition) is 2. The molecule has 3 atom stereocenters. The number of ether oxygens (including phenoxy) is 1. The van der Waals surface area contributed by atoms with Gasteiger partial charge in [-0.2, -0.15) is 0 Å². The Hall–Kier alpha value is -2.00. The van der Waals surface area contributed by atoms with Crippen molar-refractivity contribution in [3.63, 3.8) is 0 Å². The second kappa shape index (κ2) is 8.13. The molecule has 0 aliphatic carbocycles. The minimum atomic E-state index is -0.237. The van der Waals surface area contributed by atoms with E-state index in [4.69, 9.17) is 9.15 Å². The van der Waals surface area contributed by atoms with Gasteiger partial charge in [-0.05, 0) is 13.3 Å². The van der Waals surface area contributed by atoms with Gasteiger partial charge >= 0.3 is 0 Å². The third-order valence-corrected chi connectivity index (χ3v) is 4.81. The Balaban J connectivity index is 1.62. The van der Waals surface area contributed by atoms with Gasteiger partial charge in [0, 0.05) is 44.1 Å². The smallest absolute Gasteiger partial charge is 0.246 e. The highest BCUT2D eigenvalue weighted by Crippen LogP contribution is 2.25. The summed E-state index contributed by atoms with van der Waals surface area (Å²) in [6.07, 6.45) is 1.18. The predicted molar refractivity (Wildman–Crippen MR) is 92.4 cm³/mol. The summed E-state index contributed by atoms with van der Waals surface area (Å²) in [5.74, 6) is 1.26. The number of fused-ring (bicyclic) bond motifs is 1. The van der Waals surface area contributed by atoms with Crippen LogP contribution >= 0.6 is 0 Å². The van der Waals surface area contributed by atoms with Crippen LogP contribution in [0.4, 0.5) is 0 Å². The zero-order chi connectivity index (χ0) is 18.7. The lowest BCUT2D eigenvalue weighted by Crippen LogP contribution is -2.58. The summed E-state index contributed by atoms with van der Waals surface area (Å²) < 4.78 is 10.8. The van der Waals surface area contributed by atoms with Crippen LogP contribution in [-0.4, -0.2) is 71.3 Å². The lowest BCUT2D eigenvalue weighted by atomic mass is 10.1. The van der Waals surface area contributed by atoms with Gasteiger partial charge in [0.2, 0.25) is 23.6 Å². The van der Waals surface area contributed by atoms with Crippen molar-refractivity contribution in [1.82, 2.24) is 25.7 Å². The number of carbonyl (C=O) groups is 2. The van der Waals surface area contributed by atoms with Crippen LogP contribution in [0.3, 0.4) is 0 Å². The van der Waals surface area contributed by atoms with Gasteiger partial charge < -0.3 is 19.8 Å². The van der Waals surface area contributed by atoms with Gasteiger partial charge in [0.05, 0.1) is 6.04 Å². The van der Waals surface area contributed by atoms with Gasteiger partial charge in [0.1, 0.15) is 6.61 Å². The molecule has 0 spiro atoms. The SMILES string of the molecule is CCOCC(=O)N[C@H]1C[C@H]2C(=O)NC[C@@H](Cc3nnc(C(C)C)o3)N2C1. The second-order valence-corrected chi connectivity index (χ2v) is 7.14. The molecule has 2 aliphatic rings. The van der Waals surface area contributed by atoms with Gasteiger partial charge in [0.25, 0.3) is 0 Å². The molecular formula is C17H27N5O4. The summed E-state index contributed by atoms with van der Waals surface area (Å²) in [7, 11) is 0. The van der Waals surface area contributed by atoms with Crippen LogP contribution in [0.25, 0.3) is 0 Å². The van der Waals surface area contributed by atoms with Crippen LogP contribution in [-0.2, 0) is 20.7 Å². The molecule has 9 heteroatoms. The monoisotopic (exact) mass is 365 g/mol. The Morgan fingerprint density at radius 1 is 1.46 bits per heavy atom. The summed E-state index contributed by atoms with van der Waals surface area (Å²) in [4.78, 5) is 26.3. The van der Waals surface area contributed by atoms with Gasteiger partial charge in [-0.25, -0.2) is 0 Å². The van der Waals surface area contributed by atoms with E-state index in [0.717, 1.165) is 0 Å². The molecule has 0 saturated carbocycles. The van der Waals surface area contributed by atoms with Crippen molar-refractivity contribution in [3.8, 4) is 0 Å². The minimum absolute atomic E-state index is 0.0104. The third-order valence-electron chi connectivity index (χ3n) is 4.81. The van der Waals surface area contributed by atoms with E-state index in [1.807, 2.05) is 20.8 Å². The van der Waals surface area contributed by atoms with Crippen molar-refractivity contribution in [2.45, 2.75) is 57.7 Å². The molecule has 2 amide bonds. The van der Waals surface area contributed by atoms with E-state index in [2.05, 4.69) is 25.7 Å². The molecule has 0 radical (unpaired) electrons. The van der Waals surface area contributed by atoms with E-state index >= 15 is 0 Å². The maximum absolute atomic E-state index is 12.2. The normalized spacial score (nSPS) is 26.0. The molecule has 0 aromatic carbocycles. The van der Waals surface area contributed by atoms with Gasteiger partial charge in [-0.15, -0.1) is 10.2 Å². The summed E-state index contributed by atoms with van der Waals surface area (Å²) in [6.45, 7) is 7.57. The van der Waals surface area contributed by atoms with Crippen LogP contribution in [0.5, 0.6) is 0 Å². The Morgan fingerprint density at radius 2 is 2.27 bits per heavy atom. The van der Waals surface area contributed by atoms with Crippen molar-refractivity contribution in [3.05, 3.63) is 11.8 Å². The fraction of sp³-hybridized carbons (Fsp3) is 0.765. The molecule has 1 aromatic rings. The first kappa shape index (κ1) is 18.8. The summed E-state index contributed by atoms with van der Waals surface area (Å²) in [6, 6.07) is -0.223. The first-order chi connectivity index (χ1) is 12.5. The number of aromatic nitrogens is 2. The van der Waals surface area contributed by atoms with E-state index in [1.165, 1.54) is 0 Å². The number of carbonyl (C=O) groups excluding carboxylic acids is 2. The number of amides is 2. The van der Waals surface area contributed by atoms with Crippen molar-refractivity contribution in [2.75, 3.05) is 26.3 Å². The predicted octanol–water partition coefficient (Wildman–Crippen LogP) is -0.170. The second-order valence-electron chi connectivity index (χ2n) is 7.14. The lowest BCUT2D eigenvalue weighted by molar-refractivity contribution is -0.129. The van der Waals surface area contributed by atoms with Crippen LogP contribution < -0.4 is 10.6 Å². The van der Waals surface area contributed by atoms with Crippen molar-refractivity contribution >= 4 is 11.8 Å². The number of hydrogen-bond acceptors (Lipinski definition) is 7. The zero-order valence-corrected chi connectivity index (χ0v) is 15.5. The number of piperazine rings is 1. The topological polar surface area (TPSA) is 110 Å². The lowest BCUT2D eigenvalue weighted by Gasteiger charge is -2.36. The highest BCUT2D eigenvalue weighted by molar-refractivity contribution is 5.83. The standard InChI is InChI=1S/C17H27N5O4/c1-4-25-9-14(23)19-11-5-13-16(24)18-7-12(22(13)8-11)6-15-20-21-17(26-15)10(2)3/h10-13H,4-9H2,1-3H3,(H,18,24)(H,19,23)/t11-,12+,13-/m0/s1. The van der Waals surface area contributed by atoms with E-state index in [0.29, 0.717) is 44.3 Å². The van der Waals surface area contributed by atoms with E-state index in [1.54, 1.807) is 0 Å². The molecule has 2 saturated heterocycles. The fourth-order valence-electron chi connectivity index (χ4n) is 3.52. The average molecular weight is 365 g/mol. The molecule has 1 aromatic heterocycles. The number of rotatable bonds is 7. The quantitative estimate of drug-likeness (QED) is 0.690. The Labute approximate surface area is 152 Å². The maximum atomic E-state index is 12.2. The minimum Gasteiger partial charge on any atom is -0.425 e. The van der Waals surface area contributed by atoms with Crippen LogP contribution in [0, 0.1) is 0 Å². The van der Waals surface area contributed by atoms with Crippen LogP contribution in [0.1, 0.15) is 44.9 Å². The van der Waals surface area contributed by atoms with Gasteiger partial charge in [-0.1, -0.05) is 13.8 Å². The molecule has 26 heavy (non-hydrogen) atoms. The number of nitrogens with one attached hydrogen (secondary N) is 2. The third kappa shape index (κ3) is 4.21. The molecular weight excluding hydrogens is 338 g/mol. The molecule has 2 N–H and O–H groups in total.